The monoisotopic (exact) mass is 417 g/mol. The van der Waals surface area contributed by atoms with E-state index < -0.39 is 0 Å². The molecule has 0 aromatic heterocycles. The van der Waals surface area contributed by atoms with Gasteiger partial charge in [-0.2, -0.15) is 5.26 Å². The Morgan fingerprint density at radius 1 is 1.43 bits per heavy atom. The van der Waals surface area contributed by atoms with Gasteiger partial charge in [-0.05, 0) is 47.2 Å². The second-order valence-corrected chi connectivity index (χ2v) is 6.58. The van der Waals surface area contributed by atoms with Gasteiger partial charge < -0.3 is 4.90 Å². The molecule has 0 N–H and O–H groups in total. The van der Waals surface area contributed by atoms with Gasteiger partial charge in [0, 0.05) is 35.3 Å². The first kappa shape index (κ1) is 16.5. The Labute approximate surface area is 143 Å². The maximum atomic E-state index is 12.5. The van der Waals surface area contributed by atoms with E-state index >= 15 is 0 Å². The molecule has 1 unspecified atom stereocenters. The molecule has 1 fully saturated rings. The van der Waals surface area contributed by atoms with Crippen LogP contribution >= 0.6 is 34.2 Å². The summed E-state index contributed by atoms with van der Waals surface area (Å²) in [7, 11) is 0. The van der Waals surface area contributed by atoms with Crippen LogP contribution in [0.1, 0.15) is 23.7 Å². The van der Waals surface area contributed by atoms with Crippen molar-refractivity contribution in [2.45, 2.75) is 19.4 Å². The Morgan fingerprint density at radius 3 is 2.62 bits per heavy atom. The van der Waals surface area contributed by atoms with Gasteiger partial charge in [0.15, 0.2) is 0 Å². The molecule has 6 heteroatoms. The van der Waals surface area contributed by atoms with Crippen molar-refractivity contribution in [3.63, 3.8) is 0 Å². The zero-order chi connectivity index (χ0) is 15.4. The lowest BCUT2D eigenvalue weighted by atomic mass is 10.1. The Bertz CT molecular complexity index is 565. The molecule has 1 atom stereocenters. The molecule has 0 bridgehead atoms. The van der Waals surface area contributed by atoms with Crippen molar-refractivity contribution in [3.8, 4) is 6.07 Å². The Hall–Kier alpha value is -0.840. The molecule has 2 rings (SSSR count). The van der Waals surface area contributed by atoms with Gasteiger partial charge in [0.2, 0.25) is 0 Å². The first-order valence-corrected chi connectivity index (χ1v) is 8.40. The van der Waals surface area contributed by atoms with Crippen LogP contribution in [0.2, 0.25) is 5.02 Å². The van der Waals surface area contributed by atoms with E-state index in [9.17, 15) is 4.79 Å². The molecule has 1 aliphatic rings. The molecule has 21 heavy (non-hydrogen) atoms. The summed E-state index contributed by atoms with van der Waals surface area (Å²) < 4.78 is 0.940. The average molecular weight is 418 g/mol. The maximum Gasteiger partial charge on any atom is 0.253 e. The number of carbonyl (C=O) groups excluding carboxylic acids is 1. The fourth-order valence-electron chi connectivity index (χ4n) is 2.48. The van der Waals surface area contributed by atoms with Gasteiger partial charge in [0.1, 0.15) is 0 Å². The number of hydrogen-bond acceptors (Lipinski definition) is 3. The van der Waals surface area contributed by atoms with E-state index in [1.54, 1.807) is 6.07 Å². The minimum Gasteiger partial charge on any atom is -0.336 e. The smallest absolute Gasteiger partial charge is 0.253 e. The van der Waals surface area contributed by atoms with E-state index in [1.807, 2.05) is 24.0 Å². The third-order valence-corrected chi connectivity index (χ3v) is 5.32. The summed E-state index contributed by atoms with van der Waals surface area (Å²) in [5, 5.41) is 9.71. The van der Waals surface area contributed by atoms with Crippen LogP contribution < -0.4 is 0 Å². The molecule has 0 saturated carbocycles. The fraction of sp³-hybridized carbons (Fsp3) is 0.467. The maximum absolute atomic E-state index is 12.5. The minimum absolute atomic E-state index is 0.0120. The van der Waals surface area contributed by atoms with Gasteiger partial charge in [-0.15, -0.1) is 0 Å². The summed E-state index contributed by atoms with van der Waals surface area (Å²) in [5.74, 6) is 0.0120. The number of nitrogens with zero attached hydrogens (tertiary/aromatic N) is 3. The number of nitriles is 1. The average Bonchev–Trinajstić information content (AvgIpc) is 2.51. The number of benzene rings is 1. The van der Waals surface area contributed by atoms with Gasteiger partial charge in [-0.3, -0.25) is 9.69 Å². The van der Waals surface area contributed by atoms with Crippen LogP contribution in [0.25, 0.3) is 0 Å². The van der Waals surface area contributed by atoms with E-state index in [-0.39, 0.29) is 11.9 Å². The predicted octanol–water partition coefficient (Wildman–Crippen LogP) is 3.00. The number of hydrogen-bond donors (Lipinski definition) is 0. The van der Waals surface area contributed by atoms with Crippen LogP contribution in [0.4, 0.5) is 0 Å². The van der Waals surface area contributed by atoms with Gasteiger partial charge in [-0.25, -0.2) is 0 Å². The molecule has 112 valence electrons. The van der Waals surface area contributed by atoms with E-state index in [0.29, 0.717) is 23.7 Å². The Balaban J connectivity index is 2.00. The lowest BCUT2D eigenvalue weighted by molar-refractivity contribution is 0.0604. The Kier molecular flexibility index (Phi) is 5.85. The number of carbonyl (C=O) groups is 1. The highest BCUT2D eigenvalue weighted by atomic mass is 127. The highest BCUT2D eigenvalue weighted by Gasteiger charge is 2.25. The van der Waals surface area contributed by atoms with E-state index in [1.165, 1.54) is 0 Å². The molecule has 1 heterocycles. The van der Waals surface area contributed by atoms with Crippen molar-refractivity contribution in [2.75, 3.05) is 26.2 Å². The molecule has 1 aromatic rings. The number of piperazine rings is 1. The fourth-order valence-corrected chi connectivity index (χ4v) is 3.00. The Morgan fingerprint density at radius 2 is 2.10 bits per heavy atom. The van der Waals surface area contributed by atoms with Crippen molar-refractivity contribution in [2.24, 2.45) is 0 Å². The molecule has 1 saturated heterocycles. The van der Waals surface area contributed by atoms with Crippen molar-refractivity contribution in [1.82, 2.24) is 9.80 Å². The van der Waals surface area contributed by atoms with Crippen LogP contribution in [0, 0.1) is 14.9 Å². The first-order valence-electron chi connectivity index (χ1n) is 6.94. The van der Waals surface area contributed by atoms with E-state index in [4.69, 9.17) is 16.9 Å². The van der Waals surface area contributed by atoms with Gasteiger partial charge in [0.25, 0.3) is 5.91 Å². The molecular weight excluding hydrogens is 401 g/mol. The summed E-state index contributed by atoms with van der Waals surface area (Å²) in [6, 6.07) is 7.66. The SMILES string of the molecule is CCC(C#N)N1CCN(C(=O)c2ccc(I)c(Cl)c2)CC1. The summed E-state index contributed by atoms with van der Waals surface area (Å²) in [5.41, 5.74) is 0.626. The third kappa shape index (κ3) is 3.87. The van der Waals surface area contributed by atoms with Crippen LogP contribution in [-0.4, -0.2) is 47.9 Å². The van der Waals surface area contributed by atoms with Gasteiger partial charge in [-0.1, -0.05) is 18.5 Å². The second-order valence-electron chi connectivity index (χ2n) is 5.01. The van der Waals surface area contributed by atoms with Crippen molar-refractivity contribution >= 4 is 40.1 Å². The molecule has 0 radical (unpaired) electrons. The summed E-state index contributed by atoms with van der Waals surface area (Å²) >= 11 is 8.22. The zero-order valence-electron chi connectivity index (χ0n) is 11.9. The second kappa shape index (κ2) is 7.43. The van der Waals surface area contributed by atoms with Crippen LogP contribution in [0.3, 0.4) is 0 Å². The predicted molar refractivity (Wildman–Crippen MR) is 91.3 cm³/mol. The third-order valence-electron chi connectivity index (χ3n) is 3.74. The standard InChI is InChI=1S/C15H17ClIN3O/c1-2-12(10-18)19-5-7-20(8-6-19)15(21)11-3-4-14(17)13(16)9-11/h3-4,9,12H,2,5-8H2,1H3. The zero-order valence-corrected chi connectivity index (χ0v) is 14.8. The lowest BCUT2D eigenvalue weighted by Crippen LogP contribution is -2.51. The van der Waals surface area contributed by atoms with E-state index in [0.717, 1.165) is 23.1 Å². The number of rotatable bonds is 3. The van der Waals surface area contributed by atoms with Crippen LogP contribution in [0.15, 0.2) is 18.2 Å². The van der Waals surface area contributed by atoms with Crippen molar-refractivity contribution in [1.29, 1.82) is 5.26 Å². The first-order chi connectivity index (χ1) is 10.1. The van der Waals surface area contributed by atoms with Crippen LogP contribution in [-0.2, 0) is 0 Å². The molecular formula is C15H17ClIN3O. The largest absolute Gasteiger partial charge is 0.336 e. The molecule has 1 aliphatic heterocycles. The number of halogens is 2. The topological polar surface area (TPSA) is 47.3 Å². The molecule has 0 spiro atoms. The van der Waals surface area contributed by atoms with E-state index in [2.05, 4.69) is 33.6 Å². The summed E-state index contributed by atoms with van der Waals surface area (Å²) in [6.45, 7) is 4.81. The normalized spacial score (nSPS) is 17.3. The van der Waals surface area contributed by atoms with Gasteiger partial charge in [0.05, 0.1) is 17.1 Å². The van der Waals surface area contributed by atoms with Crippen molar-refractivity contribution < 1.29 is 4.79 Å². The summed E-state index contributed by atoms with van der Waals surface area (Å²) in [4.78, 5) is 16.4. The summed E-state index contributed by atoms with van der Waals surface area (Å²) in [6.07, 6.45) is 0.817. The van der Waals surface area contributed by atoms with Crippen molar-refractivity contribution in [3.05, 3.63) is 32.4 Å². The highest BCUT2D eigenvalue weighted by Crippen LogP contribution is 2.21. The van der Waals surface area contributed by atoms with Gasteiger partial charge >= 0.3 is 0 Å². The highest BCUT2D eigenvalue weighted by molar-refractivity contribution is 14.1. The lowest BCUT2D eigenvalue weighted by Gasteiger charge is -2.36. The quantitative estimate of drug-likeness (QED) is 0.710. The molecule has 1 aromatic carbocycles. The number of amides is 1. The molecule has 1 amide bonds. The molecule has 0 aliphatic carbocycles. The minimum atomic E-state index is -0.0463. The molecule has 4 nitrogen and oxygen atoms in total. The van der Waals surface area contributed by atoms with Crippen LogP contribution in [0.5, 0.6) is 0 Å².